The number of rotatable bonds is 3. The van der Waals surface area contributed by atoms with Gasteiger partial charge in [0.15, 0.2) is 11.6 Å². The molecule has 0 aliphatic carbocycles. The fraction of sp³-hybridized carbons (Fsp3) is 0.143. The molecular weight excluding hydrogens is 377 g/mol. The Morgan fingerprint density at radius 3 is 2.58 bits per heavy atom. The minimum atomic E-state index is -0.441. The summed E-state index contributed by atoms with van der Waals surface area (Å²) in [6.07, 6.45) is 0. The number of benzene rings is 2. The molecule has 0 aliphatic heterocycles. The second-order valence-corrected chi connectivity index (χ2v) is 5.72. The number of aryl methyl sites for hydroxylation is 1. The average molecular weight is 389 g/mol. The van der Waals surface area contributed by atoms with Crippen LogP contribution in [-0.4, -0.2) is 0 Å². The van der Waals surface area contributed by atoms with Crippen molar-refractivity contribution in [2.45, 2.75) is 13.5 Å². The lowest BCUT2D eigenvalue weighted by Gasteiger charge is -2.11. The highest BCUT2D eigenvalue weighted by atomic mass is 79.9. The third-order valence-corrected chi connectivity index (χ3v) is 4.45. The Labute approximate surface area is 128 Å². The van der Waals surface area contributed by atoms with E-state index in [1.165, 1.54) is 0 Å². The van der Waals surface area contributed by atoms with Crippen LogP contribution in [0.25, 0.3) is 0 Å². The number of nitrogens with two attached hydrogens (primary N) is 1. The summed E-state index contributed by atoms with van der Waals surface area (Å²) in [5, 5.41) is 0. The predicted molar refractivity (Wildman–Crippen MR) is 80.9 cm³/mol. The maximum absolute atomic E-state index is 14.1. The van der Waals surface area contributed by atoms with E-state index in [0.29, 0.717) is 15.8 Å². The van der Waals surface area contributed by atoms with Crippen molar-refractivity contribution in [3.63, 3.8) is 0 Å². The number of halogens is 3. The predicted octanol–water partition coefficient (Wildman–Crippen LogP) is 4.91. The molecule has 0 unspecified atom stereocenters. The molecule has 0 atom stereocenters. The van der Waals surface area contributed by atoms with Gasteiger partial charge in [-0.1, -0.05) is 22.0 Å². The molecule has 5 heteroatoms. The minimum absolute atomic E-state index is 0.172. The summed E-state index contributed by atoms with van der Waals surface area (Å²) in [5.74, 6) is 0.321. The molecule has 2 nitrogen and oxygen atoms in total. The zero-order valence-corrected chi connectivity index (χ0v) is 13.4. The topological polar surface area (TPSA) is 35.2 Å². The molecule has 0 heterocycles. The second-order valence-electron chi connectivity index (χ2n) is 4.07. The molecule has 0 saturated heterocycles. The normalized spacial score (nSPS) is 10.6. The fourth-order valence-corrected chi connectivity index (χ4v) is 2.35. The molecule has 0 fully saturated rings. The Morgan fingerprint density at radius 1 is 1.21 bits per heavy atom. The zero-order chi connectivity index (χ0) is 14.0. The van der Waals surface area contributed by atoms with Gasteiger partial charge in [-0.15, -0.1) is 0 Å². The van der Waals surface area contributed by atoms with Crippen molar-refractivity contribution in [2.24, 2.45) is 5.73 Å². The van der Waals surface area contributed by atoms with Gasteiger partial charge in [0, 0.05) is 11.0 Å². The van der Waals surface area contributed by atoms with Crippen molar-refractivity contribution < 1.29 is 9.13 Å². The number of hydrogen-bond acceptors (Lipinski definition) is 2. The summed E-state index contributed by atoms with van der Waals surface area (Å²) in [6, 6.07) is 8.81. The third-order valence-electron chi connectivity index (χ3n) is 2.70. The van der Waals surface area contributed by atoms with Gasteiger partial charge in [-0.2, -0.15) is 0 Å². The molecule has 0 saturated carbocycles. The van der Waals surface area contributed by atoms with Crippen molar-refractivity contribution in [3.8, 4) is 11.5 Å². The van der Waals surface area contributed by atoms with E-state index in [1.54, 1.807) is 18.2 Å². The lowest BCUT2D eigenvalue weighted by atomic mass is 10.2. The molecule has 0 aliphatic rings. The summed E-state index contributed by atoms with van der Waals surface area (Å²) in [7, 11) is 0. The summed E-state index contributed by atoms with van der Waals surface area (Å²) in [4.78, 5) is 0. The van der Waals surface area contributed by atoms with E-state index in [4.69, 9.17) is 10.5 Å². The fourth-order valence-electron chi connectivity index (χ4n) is 1.62. The monoisotopic (exact) mass is 387 g/mol. The number of ether oxygens (including phenoxy) is 1. The molecule has 0 bridgehead atoms. The molecule has 0 aromatic heterocycles. The van der Waals surface area contributed by atoms with Crippen molar-refractivity contribution >= 4 is 31.9 Å². The van der Waals surface area contributed by atoms with Crippen LogP contribution in [0.15, 0.2) is 39.3 Å². The lowest BCUT2D eigenvalue weighted by molar-refractivity contribution is 0.439. The van der Waals surface area contributed by atoms with Gasteiger partial charge < -0.3 is 10.5 Å². The standard InChI is InChI=1S/C14H12Br2FNO/c1-8-6-10(3-4-11(8)15)19-12-5-2-9(7-18)13(16)14(12)17/h2-6H,7,18H2,1H3. The minimum Gasteiger partial charge on any atom is -0.454 e. The van der Waals surface area contributed by atoms with Gasteiger partial charge in [-0.05, 0) is 58.2 Å². The van der Waals surface area contributed by atoms with Crippen LogP contribution in [0.3, 0.4) is 0 Å². The average Bonchev–Trinajstić information content (AvgIpc) is 2.40. The smallest absolute Gasteiger partial charge is 0.180 e. The van der Waals surface area contributed by atoms with Crippen LogP contribution in [0.1, 0.15) is 11.1 Å². The molecule has 2 rings (SSSR count). The Balaban J connectivity index is 2.33. The summed E-state index contributed by atoms with van der Waals surface area (Å²) < 4.78 is 21.0. The zero-order valence-electron chi connectivity index (χ0n) is 10.2. The van der Waals surface area contributed by atoms with Gasteiger partial charge in [0.2, 0.25) is 0 Å². The molecule has 100 valence electrons. The molecule has 2 N–H and O–H groups in total. The van der Waals surface area contributed by atoms with Crippen molar-refractivity contribution in [1.82, 2.24) is 0 Å². The van der Waals surface area contributed by atoms with Crippen LogP contribution in [0, 0.1) is 12.7 Å². The van der Waals surface area contributed by atoms with Crippen LogP contribution >= 0.6 is 31.9 Å². The van der Waals surface area contributed by atoms with Crippen LogP contribution < -0.4 is 10.5 Å². The van der Waals surface area contributed by atoms with Gasteiger partial charge >= 0.3 is 0 Å². The highest BCUT2D eigenvalue weighted by Crippen LogP contribution is 2.32. The van der Waals surface area contributed by atoms with E-state index in [1.807, 2.05) is 19.1 Å². The summed E-state index contributed by atoms with van der Waals surface area (Å²) in [5.41, 5.74) is 7.25. The van der Waals surface area contributed by atoms with E-state index in [-0.39, 0.29) is 12.3 Å². The first-order valence-corrected chi connectivity index (χ1v) is 7.22. The van der Waals surface area contributed by atoms with Crippen LogP contribution in [0.2, 0.25) is 0 Å². The second kappa shape index (κ2) is 6.03. The van der Waals surface area contributed by atoms with Gasteiger partial charge in [-0.25, -0.2) is 4.39 Å². The Hall–Kier alpha value is -0.910. The maximum Gasteiger partial charge on any atom is 0.180 e. The highest BCUT2D eigenvalue weighted by molar-refractivity contribution is 9.10. The largest absolute Gasteiger partial charge is 0.454 e. The van der Waals surface area contributed by atoms with Crippen LogP contribution in [0.4, 0.5) is 4.39 Å². The maximum atomic E-state index is 14.1. The lowest BCUT2D eigenvalue weighted by Crippen LogP contribution is -2.00. The quantitative estimate of drug-likeness (QED) is 0.810. The summed E-state index contributed by atoms with van der Waals surface area (Å²) >= 11 is 6.60. The summed E-state index contributed by atoms with van der Waals surface area (Å²) in [6.45, 7) is 2.22. The van der Waals surface area contributed by atoms with Gasteiger partial charge in [0.25, 0.3) is 0 Å². The van der Waals surface area contributed by atoms with Crippen LogP contribution in [0.5, 0.6) is 11.5 Å². The molecule has 19 heavy (non-hydrogen) atoms. The van der Waals surface area contributed by atoms with E-state index in [0.717, 1.165) is 10.0 Å². The van der Waals surface area contributed by atoms with E-state index in [2.05, 4.69) is 31.9 Å². The first-order chi connectivity index (χ1) is 9.02. The molecule has 2 aromatic rings. The molecule has 0 amide bonds. The van der Waals surface area contributed by atoms with Gasteiger partial charge in [0.05, 0.1) is 4.47 Å². The molecule has 0 spiro atoms. The van der Waals surface area contributed by atoms with Crippen molar-refractivity contribution in [2.75, 3.05) is 0 Å². The third kappa shape index (κ3) is 3.16. The SMILES string of the molecule is Cc1cc(Oc2ccc(CN)c(Br)c2F)ccc1Br. The van der Waals surface area contributed by atoms with Crippen molar-refractivity contribution in [3.05, 3.63) is 56.2 Å². The molecular formula is C14H12Br2FNO. The van der Waals surface area contributed by atoms with E-state index >= 15 is 0 Å². The van der Waals surface area contributed by atoms with Gasteiger partial charge in [0.1, 0.15) is 5.75 Å². The van der Waals surface area contributed by atoms with Gasteiger partial charge in [-0.3, -0.25) is 0 Å². The number of hydrogen-bond donors (Lipinski definition) is 1. The first kappa shape index (κ1) is 14.5. The Bertz CT molecular complexity index is 617. The first-order valence-electron chi connectivity index (χ1n) is 5.64. The molecule has 2 aromatic carbocycles. The van der Waals surface area contributed by atoms with Crippen molar-refractivity contribution in [1.29, 1.82) is 0 Å². The Morgan fingerprint density at radius 2 is 1.95 bits per heavy atom. The van der Waals surface area contributed by atoms with Crippen LogP contribution in [-0.2, 0) is 6.54 Å². The van der Waals surface area contributed by atoms with E-state index in [9.17, 15) is 4.39 Å². The van der Waals surface area contributed by atoms with E-state index < -0.39 is 5.82 Å². The highest BCUT2D eigenvalue weighted by Gasteiger charge is 2.12. The Kier molecular flexibility index (Phi) is 4.60. The molecule has 0 radical (unpaired) electrons.